The van der Waals surface area contributed by atoms with Crippen molar-refractivity contribution in [3.8, 4) is 23.0 Å². The van der Waals surface area contributed by atoms with Crippen LogP contribution in [0.3, 0.4) is 0 Å². The molecule has 0 bridgehead atoms. The normalized spacial score (nSPS) is 23.7. The molecule has 1 aromatic heterocycles. The first kappa shape index (κ1) is 26.0. The van der Waals surface area contributed by atoms with Gasteiger partial charge in [0.25, 0.3) is 0 Å². The topological polar surface area (TPSA) is 185 Å². The number of phenols is 2. The van der Waals surface area contributed by atoms with Gasteiger partial charge in [-0.2, -0.15) is 0 Å². The van der Waals surface area contributed by atoms with Crippen molar-refractivity contribution in [2.75, 3.05) is 13.7 Å². The third kappa shape index (κ3) is 5.67. The van der Waals surface area contributed by atoms with E-state index in [4.69, 9.17) is 23.4 Å². The van der Waals surface area contributed by atoms with Gasteiger partial charge >= 0.3 is 11.6 Å². The van der Waals surface area contributed by atoms with Crippen LogP contribution in [0.25, 0.3) is 17.0 Å². The first-order valence-electron chi connectivity index (χ1n) is 11.0. The number of carbonyl (C=O) groups is 1. The molecule has 1 fully saturated rings. The van der Waals surface area contributed by atoms with E-state index in [2.05, 4.69) is 0 Å². The Bertz CT molecular complexity index is 1360. The second kappa shape index (κ2) is 10.9. The highest BCUT2D eigenvalue weighted by atomic mass is 16.7. The van der Waals surface area contributed by atoms with Crippen LogP contribution in [0.5, 0.6) is 23.0 Å². The third-order valence-corrected chi connectivity index (χ3v) is 5.63. The van der Waals surface area contributed by atoms with Gasteiger partial charge in [-0.05, 0) is 35.9 Å². The van der Waals surface area contributed by atoms with Crippen molar-refractivity contribution in [1.29, 1.82) is 0 Å². The summed E-state index contributed by atoms with van der Waals surface area (Å²) in [6.45, 7) is -0.694. The fraction of sp³-hybridized carbons (Fsp3) is 0.280. The Balaban J connectivity index is 1.49. The van der Waals surface area contributed by atoms with Crippen LogP contribution in [0.4, 0.5) is 0 Å². The van der Waals surface area contributed by atoms with Gasteiger partial charge in [0, 0.05) is 23.6 Å². The maximum Gasteiger partial charge on any atom is 0.336 e. The number of aliphatic hydroxyl groups is 3. The monoisotopic (exact) mass is 516 g/mol. The Morgan fingerprint density at radius 3 is 2.51 bits per heavy atom. The largest absolute Gasteiger partial charge is 0.504 e. The highest BCUT2D eigenvalue weighted by molar-refractivity contribution is 5.87. The van der Waals surface area contributed by atoms with E-state index in [0.717, 1.165) is 6.08 Å². The smallest absolute Gasteiger partial charge is 0.336 e. The van der Waals surface area contributed by atoms with Gasteiger partial charge in [0.1, 0.15) is 23.9 Å². The molecule has 2 aromatic carbocycles. The molecule has 1 saturated heterocycles. The van der Waals surface area contributed by atoms with Crippen molar-refractivity contribution >= 4 is 23.0 Å². The number of aromatic hydroxyl groups is 2. The molecule has 2 heterocycles. The Hall–Kier alpha value is -4.10. The highest BCUT2D eigenvalue weighted by Gasteiger charge is 2.47. The number of ether oxygens (including phenoxy) is 4. The second-order valence-corrected chi connectivity index (χ2v) is 8.10. The average molecular weight is 516 g/mol. The van der Waals surface area contributed by atoms with Crippen molar-refractivity contribution in [3.63, 3.8) is 0 Å². The molecule has 1 aliphatic rings. The number of carbonyl (C=O) groups excluding carboxylic acids is 1. The summed E-state index contributed by atoms with van der Waals surface area (Å²) < 4.78 is 26.9. The van der Waals surface area contributed by atoms with Crippen molar-refractivity contribution in [2.24, 2.45) is 0 Å². The summed E-state index contributed by atoms with van der Waals surface area (Å²) in [6.07, 6.45) is -5.39. The number of hydrogen-bond acceptors (Lipinski definition) is 12. The number of fused-ring (bicyclic) bond motifs is 1. The number of esters is 1. The molecule has 0 radical (unpaired) electrons. The molecule has 5 N–H and O–H groups in total. The van der Waals surface area contributed by atoms with Crippen LogP contribution in [0, 0.1) is 0 Å². The summed E-state index contributed by atoms with van der Waals surface area (Å²) in [5.74, 6) is -1.41. The molecule has 5 atom stereocenters. The van der Waals surface area contributed by atoms with Crippen molar-refractivity contribution < 1.29 is 53.7 Å². The quantitative estimate of drug-likeness (QED) is 0.128. The molecule has 1 aliphatic heterocycles. The molecule has 4 rings (SSSR count). The molecular formula is C25H24O12. The summed E-state index contributed by atoms with van der Waals surface area (Å²) >= 11 is 0. The third-order valence-electron chi connectivity index (χ3n) is 5.63. The van der Waals surface area contributed by atoms with Gasteiger partial charge in [0.05, 0.1) is 13.7 Å². The maximum absolute atomic E-state index is 12.3. The second-order valence-electron chi connectivity index (χ2n) is 8.10. The summed E-state index contributed by atoms with van der Waals surface area (Å²) in [6, 6.07) is 9.54. The predicted octanol–water partition coefficient (Wildman–Crippen LogP) is 0.656. The first-order valence-corrected chi connectivity index (χ1v) is 11.0. The number of aliphatic hydroxyl groups excluding tert-OH is 3. The fourth-order valence-electron chi connectivity index (χ4n) is 3.73. The van der Waals surface area contributed by atoms with Gasteiger partial charge in [-0.25, -0.2) is 9.59 Å². The van der Waals surface area contributed by atoms with Crippen molar-refractivity contribution in [3.05, 3.63) is 64.5 Å². The van der Waals surface area contributed by atoms with Crippen LogP contribution < -0.4 is 15.1 Å². The van der Waals surface area contributed by atoms with E-state index in [1.54, 1.807) is 0 Å². The number of methoxy groups -OCH3 is 1. The molecule has 0 saturated carbocycles. The molecule has 0 spiro atoms. The zero-order valence-corrected chi connectivity index (χ0v) is 19.4. The minimum absolute atomic E-state index is 0.0211. The van der Waals surface area contributed by atoms with E-state index in [-0.39, 0.29) is 28.6 Å². The Morgan fingerprint density at radius 1 is 1.03 bits per heavy atom. The molecule has 196 valence electrons. The highest BCUT2D eigenvalue weighted by Crippen LogP contribution is 2.35. The van der Waals surface area contributed by atoms with Crippen molar-refractivity contribution in [1.82, 2.24) is 0 Å². The van der Waals surface area contributed by atoms with Crippen LogP contribution >= 0.6 is 0 Å². The van der Waals surface area contributed by atoms with Gasteiger partial charge < -0.3 is 48.9 Å². The van der Waals surface area contributed by atoms with Gasteiger partial charge in [-0.15, -0.1) is 0 Å². The van der Waals surface area contributed by atoms with Gasteiger partial charge in [0.15, 0.2) is 29.1 Å². The van der Waals surface area contributed by atoms with Gasteiger partial charge in [0.2, 0.25) is 6.29 Å². The molecule has 5 unspecified atom stereocenters. The van der Waals surface area contributed by atoms with E-state index >= 15 is 0 Å². The average Bonchev–Trinajstić information content (AvgIpc) is 2.88. The molecule has 37 heavy (non-hydrogen) atoms. The summed E-state index contributed by atoms with van der Waals surface area (Å²) in [7, 11) is 1.37. The molecule has 0 aliphatic carbocycles. The van der Waals surface area contributed by atoms with Crippen LogP contribution in [0.1, 0.15) is 5.56 Å². The van der Waals surface area contributed by atoms with Crippen LogP contribution in [0.2, 0.25) is 0 Å². The van der Waals surface area contributed by atoms with E-state index in [0.29, 0.717) is 10.9 Å². The van der Waals surface area contributed by atoms with E-state index in [1.165, 1.54) is 55.7 Å². The van der Waals surface area contributed by atoms with Crippen molar-refractivity contribution in [2.45, 2.75) is 30.7 Å². The van der Waals surface area contributed by atoms with Crippen LogP contribution in [-0.2, 0) is 14.3 Å². The van der Waals surface area contributed by atoms with E-state index in [1.807, 2.05) is 0 Å². The molecule has 0 amide bonds. The number of phenolic OH excluding ortho intramolecular Hbond substituents is 2. The minimum atomic E-state index is -1.72. The zero-order chi connectivity index (χ0) is 26.7. The summed E-state index contributed by atoms with van der Waals surface area (Å²) in [4.78, 5) is 23.9. The Morgan fingerprint density at radius 2 is 1.81 bits per heavy atom. The number of benzene rings is 2. The molecule has 12 nitrogen and oxygen atoms in total. The lowest BCUT2D eigenvalue weighted by Gasteiger charge is -2.41. The Labute approximate surface area is 209 Å². The van der Waals surface area contributed by atoms with Crippen LogP contribution in [-0.4, -0.2) is 75.9 Å². The first-order chi connectivity index (χ1) is 17.7. The summed E-state index contributed by atoms with van der Waals surface area (Å²) in [5, 5.41) is 50.5. The van der Waals surface area contributed by atoms with Gasteiger partial charge in [-0.3, -0.25) is 0 Å². The summed E-state index contributed by atoms with van der Waals surface area (Å²) in [5.41, 5.74) is -0.0391. The predicted molar refractivity (Wildman–Crippen MR) is 126 cm³/mol. The SMILES string of the molecule is COc1cc2ccc(=O)oc2cc1OC1OC(CO)C(OC(=O)C=Cc2ccc(O)c(O)c2)C(O)C1O. The van der Waals surface area contributed by atoms with E-state index in [9.17, 15) is 35.1 Å². The number of rotatable bonds is 7. The molecule has 12 heteroatoms. The molecular weight excluding hydrogens is 492 g/mol. The minimum Gasteiger partial charge on any atom is -0.504 e. The van der Waals surface area contributed by atoms with E-state index < -0.39 is 48.9 Å². The number of hydrogen-bond donors (Lipinski definition) is 5. The standard InChI is InChI=1S/C25H24O12/c1-33-17-9-13-4-7-20(29)34-16(13)10-18(17)35-25-23(32)22(31)24(19(11-26)36-25)37-21(30)6-3-12-2-5-14(27)15(28)8-12/h2-10,19,22-28,31-32H,11H2,1H3. The Kier molecular flexibility index (Phi) is 7.64. The fourth-order valence-corrected chi connectivity index (χ4v) is 3.73. The lowest BCUT2D eigenvalue weighted by atomic mass is 9.99. The lowest BCUT2D eigenvalue weighted by molar-refractivity contribution is -0.280. The lowest BCUT2D eigenvalue weighted by Crippen LogP contribution is -2.61. The zero-order valence-electron chi connectivity index (χ0n) is 19.4. The van der Waals surface area contributed by atoms with Gasteiger partial charge in [-0.1, -0.05) is 6.07 Å². The van der Waals surface area contributed by atoms with Crippen LogP contribution in [0.15, 0.2) is 57.8 Å². The molecule has 3 aromatic rings. The maximum atomic E-state index is 12.3.